The van der Waals surface area contributed by atoms with Gasteiger partial charge in [-0.2, -0.15) is 0 Å². The van der Waals surface area contributed by atoms with Gasteiger partial charge in [-0.3, -0.25) is 0 Å². The Morgan fingerprint density at radius 2 is 1.83 bits per heavy atom. The van der Waals surface area contributed by atoms with E-state index >= 15 is 0 Å². The van der Waals surface area contributed by atoms with Crippen molar-refractivity contribution in [3.8, 4) is 0 Å². The van der Waals surface area contributed by atoms with Gasteiger partial charge >= 0.3 is 15.3 Å². The maximum Gasteiger partial charge on any atom is 0.351 e. The van der Waals surface area contributed by atoms with Crippen molar-refractivity contribution < 1.29 is 18.4 Å². The van der Waals surface area contributed by atoms with Gasteiger partial charge in [-0.15, -0.1) is 0 Å². The van der Waals surface area contributed by atoms with E-state index in [0.717, 1.165) is 12.8 Å². The Hall–Kier alpha value is -0.633. The van der Waals surface area contributed by atoms with Crippen LogP contribution in [0.5, 0.6) is 0 Å². The summed E-state index contributed by atoms with van der Waals surface area (Å²) < 4.78 is 16.9. The third kappa shape index (κ3) is 8.46. The molecule has 0 aliphatic carbocycles. The lowest BCUT2D eigenvalue weighted by Crippen LogP contribution is -2.42. The van der Waals surface area contributed by atoms with Crippen LogP contribution >= 0.6 is 0 Å². The summed E-state index contributed by atoms with van der Waals surface area (Å²) in [7, 11) is -0.223. The maximum atomic E-state index is 10.6. The number of carbonyl (C=O) groups excluding carboxylic acids is 1. The van der Waals surface area contributed by atoms with Crippen LogP contribution in [0.25, 0.3) is 0 Å². The third-order valence-electron chi connectivity index (χ3n) is 2.31. The largest absolute Gasteiger partial charge is 0.395 e. The quantitative estimate of drug-likeness (QED) is 0.544. The molecule has 3 N–H and O–H groups in total. The molecule has 0 bridgehead atoms. The van der Waals surface area contributed by atoms with Crippen LogP contribution in [0.15, 0.2) is 0 Å². The number of hydrogen-bond donors (Lipinski definition) is 2. The first-order valence-corrected chi connectivity index (χ1v) is 8.05. The van der Waals surface area contributed by atoms with Crippen LogP contribution in [-0.2, 0) is 13.6 Å². The number of amides is 2. The summed E-state index contributed by atoms with van der Waals surface area (Å²) in [4.78, 5) is 10.6. The molecule has 0 heterocycles. The van der Waals surface area contributed by atoms with E-state index in [1.807, 2.05) is 0 Å². The molecule has 1 unspecified atom stereocenters. The fourth-order valence-electron chi connectivity index (χ4n) is 1.43. The number of nitrogens with two attached hydrogens (primary N) is 1. The fourth-order valence-corrected chi connectivity index (χ4v) is 3.56. The van der Waals surface area contributed by atoms with Crippen molar-refractivity contribution in [2.24, 2.45) is 5.73 Å². The number of nitrogens with one attached hydrogen (secondary N) is 1. The highest BCUT2D eigenvalue weighted by Crippen LogP contribution is 2.06. The minimum absolute atomic E-state index is 0.0741. The van der Waals surface area contributed by atoms with Gasteiger partial charge in [0, 0.05) is 26.9 Å². The number of carbonyl (C=O) groups is 1. The van der Waals surface area contributed by atoms with Crippen LogP contribution in [0, 0.1) is 0 Å². The van der Waals surface area contributed by atoms with E-state index < -0.39 is 15.3 Å². The van der Waals surface area contributed by atoms with E-state index in [4.69, 9.17) is 19.3 Å². The molecule has 0 fully saturated rings. The van der Waals surface area contributed by atoms with Crippen molar-refractivity contribution >= 4 is 15.3 Å². The number of methoxy groups -OCH3 is 1. The molecule has 0 aliphatic heterocycles. The Morgan fingerprint density at radius 3 is 2.22 bits per heavy atom. The van der Waals surface area contributed by atoms with Crippen LogP contribution < -0.4 is 11.1 Å². The van der Waals surface area contributed by atoms with Gasteiger partial charge in [0.1, 0.15) is 0 Å². The monoisotopic (exact) mass is 278 g/mol. The second kappa shape index (κ2) is 11.5. The molecule has 0 aromatic heterocycles. The predicted octanol–water partition coefficient (Wildman–Crippen LogP) is 0.673. The van der Waals surface area contributed by atoms with E-state index in [1.54, 1.807) is 7.11 Å². The van der Waals surface area contributed by atoms with Crippen LogP contribution in [-0.4, -0.2) is 47.9 Å². The highest BCUT2D eigenvalue weighted by molar-refractivity contribution is 6.46. The zero-order valence-corrected chi connectivity index (χ0v) is 12.8. The van der Waals surface area contributed by atoms with E-state index in [-0.39, 0.29) is 5.73 Å². The van der Waals surface area contributed by atoms with Gasteiger partial charge in [-0.25, -0.2) is 4.79 Å². The Labute approximate surface area is 111 Å². The van der Waals surface area contributed by atoms with Crippen molar-refractivity contribution in [2.75, 3.05) is 26.9 Å². The third-order valence-corrected chi connectivity index (χ3v) is 4.65. The molecule has 1 atom stereocenters. The molecule has 0 aromatic rings. The summed E-state index contributed by atoms with van der Waals surface area (Å²) in [6.45, 7) is 5.96. The van der Waals surface area contributed by atoms with E-state index in [1.165, 1.54) is 0 Å². The molecule has 0 aromatic carbocycles. The second-order valence-corrected chi connectivity index (χ2v) is 6.11. The normalized spacial score (nSPS) is 12.7. The van der Waals surface area contributed by atoms with Crippen molar-refractivity contribution in [3.05, 3.63) is 0 Å². The van der Waals surface area contributed by atoms with Gasteiger partial charge in [0.2, 0.25) is 0 Å². The van der Waals surface area contributed by atoms with Gasteiger partial charge < -0.3 is 24.6 Å². The van der Waals surface area contributed by atoms with Crippen LogP contribution in [0.2, 0.25) is 0 Å². The Kier molecular flexibility index (Phi) is 11.1. The number of urea groups is 1. The number of primary amides is 1. The Morgan fingerprint density at radius 1 is 1.28 bits per heavy atom. The average Bonchev–Trinajstić information content (AvgIpc) is 2.35. The van der Waals surface area contributed by atoms with E-state index in [0.29, 0.717) is 26.2 Å². The van der Waals surface area contributed by atoms with Crippen molar-refractivity contribution in [1.29, 1.82) is 0 Å². The highest BCUT2D eigenvalue weighted by Gasteiger charge is 2.26. The molecule has 0 rings (SSSR count). The molecule has 0 radical (unpaired) electrons. The molecule has 2 amide bonds. The van der Waals surface area contributed by atoms with Crippen molar-refractivity contribution in [3.63, 3.8) is 0 Å². The first kappa shape index (κ1) is 17.4. The number of rotatable bonds is 11. The lowest BCUT2D eigenvalue weighted by molar-refractivity contribution is 0.0886. The van der Waals surface area contributed by atoms with Gasteiger partial charge in [0.25, 0.3) is 0 Å². The summed E-state index contributed by atoms with van der Waals surface area (Å²) in [5, 5.41) is 2.55. The zero-order chi connectivity index (χ0) is 13.8. The molecule has 0 saturated carbocycles. The van der Waals surface area contributed by atoms with E-state index in [2.05, 4.69) is 19.2 Å². The van der Waals surface area contributed by atoms with Gasteiger partial charge in [0.15, 0.2) is 0 Å². The number of ether oxygens (including phenoxy) is 1. The molecule has 7 heteroatoms. The molecular weight excluding hydrogens is 252 g/mol. The Bertz CT molecular complexity index is 211. The van der Waals surface area contributed by atoms with E-state index in [9.17, 15) is 4.79 Å². The maximum absolute atomic E-state index is 10.6. The smallest absolute Gasteiger partial charge is 0.351 e. The lowest BCUT2D eigenvalue weighted by Gasteiger charge is -2.24. The molecule has 18 heavy (non-hydrogen) atoms. The zero-order valence-electron chi connectivity index (χ0n) is 11.6. The minimum atomic E-state index is -1.86. The topological polar surface area (TPSA) is 82.8 Å². The predicted molar refractivity (Wildman–Crippen MR) is 72.6 cm³/mol. The van der Waals surface area contributed by atoms with Crippen molar-refractivity contribution in [2.45, 2.75) is 38.8 Å². The van der Waals surface area contributed by atoms with Gasteiger partial charge in [-0.05, 0) is 19.3 Å². The molecular formula is C11H26N2O4Si. The Balaban J connectivity index is 4.15. The highest BCUT2D eigenvalue weighted by atomic mass is 28.3. The molecule has 0 spiro atoms. The summed E-state index contributed by atoms with van der Waals surface area (Å²) >= 11 is 0. The summed E-state index contributed by atoms with van der Waals surface area (Å²) in [5.74, 6) is 0. The molecule has 0 saturated heterocycles. The average molecular weight is 278 g/mol. The first-order chi connectivity index (χ1) is 8.65. The fraction of sp³-hybridized carbons (Fsp3) is 0.909. The standard InChI is InChI=1S/C11H26N2O4Si/c1-4-8-16-18(17-9-5-2)10(15-3)6-7-13-11(12)14/h10,18H,4-9H2,1-3H3,(H3,12,13,14). The molecule has 0 aliphatic rings. The number of hydrogen-bond acceptors (Lipinski definition) is 4. The van der Waals surface area contributed by atoms with Crippen LogP contribution in [0.1, 0.15) is 33.1 Å². The summed E-state index contributed by atoms with van der Waals surface area (Å²) in [6.07, 6.45) is 2.56. The van der Waals surface area contributed by atoms with Crippen LogP contribution in [0.4, 0.5) is 4.79 Å². The second-order valence-electron chi connectivity index (χ2n) is 3.96. The lowest BCUT2D eigenvalue weighted by atomic mass is 10.4. The first-order valence-electron chi connectivity index (χ1n) is 6.44. The minimum Gasteiger partial charge on any atom is -0.395 e. The summed E-state index contributed by atoms with van der Waals surface area (Å²) in [5.41, 5.74) is 4.94. The molecule has 6 nitrogen and oxygen atoms in total. The van der Waals surface area contributed by atoms with Gasteiger partial charge in [0.05, 0.1) is 5.73 Å². The van der Waals surface area contributed by atoms with Gasteiger partial charge in [-0.1, -0.05) is 13.8 Å². The molecule has 108 valence electrons. The van der Waals surface area contributed by atoms with Crippen LogP contribution in [0.3, 0.4) is 0 Å². The van der Waals surface area contributed by atoms with Crippen molar-refractivity contribution in [1.82, 2.24) is 5.32 Å². The SMILES string of the molecule is CCCO[SiH](OCCC)C(CCNC(N)=O)OC. The summed E-state index contributed by atoms with van der Waals surface area (Å²) in [6, 6.07) is -0.521.